The van der Waals surface area contributed by atoms with Crippen molar-refractivity contribution in [2.75, 3.05) is 5.75 Å². The number of thioether (sulfide) groups is 1. The molecule has 27 heavy (non-hydrogen) atoms. The van der Waals surface area contributed by atoms with Crippen LogP contribution >= 0.6 is 11.8 Å². The van der Waals surface area contributed by atoms with Gasteiger partial charge in [-0.1, -0.05) is 29.5 Å². The topological polar surface area (TPSA) is 81.8 Å². The number of hydrogen-bond donors (Lipinski definition) is 1. The number of nitrogens with zero attached hydrogens (tertiary/aromatic N) is 4. The minimum Gasteiger partial charge on any atom is -0.354 e. The van der Waals surface area contributed by atoms with Gasteiger partial charge in [0.2, 0.25) is 5.91 Å². The number of hydrogen-bond acceptors (Lipinski definition) is 5. The zero-order valence-electron chi connectivity index (χ0n) is 15.5. The minimum atomic E-state index is -0.184. The van der Waals surface area contributed by atoms with E-state index in [0.717, 1.165) is 11.3 Å². The van der Waals surface area contributed by atoms with E-state index in [-0.39, 0.29) is 30.0 Å². The molecule has 1 aliphatic heterocycles. The first-order chi connectivity index (χ1) is 12.9. The highest BCUT2D eigenvalue weighted by atomic mass is 32.2. The second kappa shape index (κ2) is 6.84. The van der Waals surface area contributed by atoms with Crippen molar-refractivity contribution >= 4 is 28.7 Å². The molecule has 8 heteroatoms. The summed E-state index contributed by atoms with van der Waals surface area (Å²) in [6.45, 7) is 5.87. The number of carbonyl (C=O) groups is 1. The van der Waals surface area contributed by atoms with Gasteiger partial charge in [-0.05, 0) is 32.9 Å². The Morgan fingerprint density at radius 2 is 2.07 bits per heavy atom. The molecule has 0 spiro atoms. The highest BCUT2D eigenvalue weighted by Crippen LogP contribution is 2.33. The van der Waals surface area contributed by atoms with Gasteiger partial charge in [-0.2, -0.15) is 5.10 Å². The number of nitrogens with one attached hydrogen (secondary N) is 1. The monoisotopic (exact) mass is 383 g/mol. The molecule has 0 bridgehead atoms. The molecule has 0 fully saturated rings. The second-order valence-electron chi connectivity index (χ2n) is 7.09. The fourth-order valence-electron chi connectivity index (χ4n) is 3.25. The maximum Gasteiger partial charge on any atom is 0.265 e. The third-order valence-electron chi connectivity index (χ3n) is 4.52. The van der Waals surface area contributed by atoms with Gasteiger partial charge in [0.05, 0.1) is 17.9 Å². The van der Waals surface area contributed by atoms with Gasteiger partial charge in [0, 0.05) is 18.2 Å². The molecule has 1 atom stereocenters. The van der Waals surface area contributed by atoms with Gasteiger partial charge in [-0.15, -0.1) is 0 Å². The van der Waals surface area contributed by atoms with Crippen LogP contribution in [0.15, 0.2) is 40.4 Å². The van der Waals surface area contributed by atoms with Crippen molar-refractivity contribution < 1.29 is 4.79 Å². The second-order valence-corrected chi connectivity index (χ2v) is 8.08. The Kier molecular flexibility index (Phi) is 4.51. The lowest BCUT2D eigenvalue weighted by molar-refractivity contribution is -0.122. The van der Waals surface area contributed by atoms with Crippen molar-refractivity contribution in [1.82, 2.24) is 24.6 Å². The molecule has 140 valence electrons. The molecule has 1 aliphatic rings. The smallest absolute Gasteiger partial charge is 0.265 e. The SMILES string of the molecule is Cc1ccc(-n2ncc3c(=O)n4c(nc32)SCC4CC(=O)NC(C)C)cc1. The fraction of sp³-hybridized carbons (Fsp3) is 0.368. The predicted molar refractivity (Wildman–Crippen MR) is 106 cm³/mol. The maximum absolute atomic E-state index is 13.1. The van der Waals surface area contributed by atoms with Crippen molar-refractivity contribution in [2.24, 2.45) is 0 Å². The van der Waals surface area contributed by atoms with Crippen molar-refractivity contribution in [1.29, 1.82) is 0 Å². The molecule has 2 aromatic heterocycles. The van der Waals surface area contributed by atoms with E-state index in [1.54, 1.807) is 15.4 Å². The van der Waals surface area contributed by atoms with E-state index in [4.69, 9.17) is 0 Å². The summed E-state index contributed by atoms with van der Waals surface area (Å²) >= 11 is 1.51. The Hall–Kier alpha value is -2.61. The van der Waals surface area contributed by atoms with E-state index in [2.05, 4.69) is 15.4 Å². The molecule has 3 heterocycles. The first-order valence-corrected chi connectivity index (χ1v) is 9.92. The number of fused-ring (bicyclic) bond motifs is 2. The van der Waals surface area contributed by atoms with Gasteiger partial charge < -0.3 is 5.32 Å². The first kappa shape index (κ1) is 17.8. The van der Waals surface area contributed by atoms with Crippen LogP contribution in [0.1, 0.15) is 31.9 Å². The largest absolute Gasteiger partial charge is 0.354 e. The van der Waals surface area contributed by atoms with Gasteiger partial charge in [-0.3, -0.25) is 14.2 Å². The normalized spacial score (nSPS) is 16.1. The fourth-order valence-corrected chi connectivity index (χ4v) is 4.38. The Morgan fingerprint density at radius 1 is 1.33 bits per heavy atom. The van der Waals surface area contributed by atoms with Crippen molar-refractivity contribution in [3.8, 4) is 5.69 Å². The average Bonchev–Trinajstić information content (AvgIpc) is 3.20. The summed E-state index contributed by atoms with van der Waals surface area (Å²) in [5.74, 6) is 0.615. The van der Waals surface area contributed by atoms with E-state index in [9.17, 15) is 9.59 Å². The molecule has 0 radical (unpaired) electrons. The number of benzene rings is 1. The van der Waals surface area contributed by atoms with Crippen LogP contribution < -0.4 is 10.9 Å². The summed E-state index contributed by atoms with van der Waals surface area (Å²) in [6, 6.07) is 7.82. The van der Waals surface area contributed by atoms with Crippen LogP contribution in [0.5, 0.6) is 0 Å². The zero-order chi connectivity index (χ0) is 19.1. The summed E-state index contributed by atoms with van der Waals surface area (Å²) in [7, 11) is 0. The average molecular weight is 383 g/mol. The third kappa shape index (κ3) is 3.25. The first-order valence-electron chi connectivity index (χ1n) is 8.93. The maximum atomic E-state index is 13.1. The van der Waals surface area contributed by atoms with Gasteiger partial charge in [0.1, 0.15) is 5.39 Å². The summed E-state index contributed by atoms with van der Waals surface area (Å²) in [5.41, 5.74) is 2.43. The lowest BCUT2D eigenvalue weighted by atomic mass is 10.2. The molecule has 0 saturated carbocycles. The third-order valence-corrected chi connectivity index (χ3v) is 5.62. The van der Waals surface area contributed by atoms with Crippen LogP contribution in [-0.4, -0.2) is 37.0 Å². The summed E-state index contributed by atoms with van der Waals surface area (Å²) in [4.78, 5) is 29.9. The van der Waals surface area contributed by atoms with Crippen molar-refractivity contribution in [3.05, 3.63) is 46.4 Å². The Labute approximate surface area is 160 Å². The van der Waals surface area contributed by atoms with Gasteiger partial charge in [0.15, 0.2) is 10.8 Å². The number of amides is 1. The molecule has 1 amide bonds. The molecule has 4 rings (SSSR count). The Bertz CT molecular complexity index is 1070. The minimum absolute atomic E-state index is 0.0502. The van der Waals surface area contributed by atoms with Crippen LogP contribution in [0.3, 0.4) is 0 Å². The standard InChI is InChI=1S/C19H21N5O2S/c1-11(2)21-16(25)8-14-10-27-19-22-17-15(18(26)23(14)19)9-20-24(17)13-6-4-12(3)5-7-13/h4-7,9,11,14H,8,10H2,1-3H3,(H,21,25). The van der Waals surface area contributed by atoms with Crippen LogP contribution in [0.2, 0.25) is 0 Å². The number of rotatable bonds is 4. The molecule has 0 saturated heterocycles. The van der Waals surface area contributed by atoms with Crippen LogP contribution in [0.4, 0.5) is 0 Å². The summed E-state index contributed by atoms with van der Waals surface area (Å²) in [5, 5.41) is 8.37. The van der Waals surface area contributed by atoms with Crippen LogP contribution in [-0.2, 0) is 4.79 Å². The van der Waals surface area contributed by atoms with Gasteiger partial charge >= 0.3 is 0 Å². The summed E-state index contributed by atoms with van der Waals surface area (Å²) in [6.07, 6.45) is 1.84. The van der Waals surface area contributed by atoms with Crippen molar-refractivity contribution in [3.63, 3.8) is 0 Å². The van der Waals surface area contributed by atoms with Crippen LogP contribution in [0, 0.1) is 6.92 Å². The lowest BCUT2D eigenvalue weighted by Gasteiger charge is -2.14. The molecule has 1 aromatic carbocycles. The predicted octanol–water partition coefficient (Wildman–Crippen LogP) is 2.45. The highest BCUT2D eigenvalue weighted by molar-refractivity contribution is 7.99. The van der Waals surface area contributed by atoms with E-state index in [0.29, 0.717) is 21.9 Å². The zero-order valence-corrected chi connectivity index (χ0v) is 16.3. The molecule has 1 unspecified atom stereocenters. The molecule has 3 aromatic rings. The molecule has 1 N–H and O–H groups in total. The summed E-state index contributed by atoms with van der Waals surface area (Å²) < 4.78 is 3.34. The molecular formula is C19H21N5O2S. The lowest BCUT2D eigenvalue weighted by Crippen LogP contribution is -2.34. The molecule has 7 nitrogen and oxygen atoms in total. The van der Waals surface area contributed by atoms with E-state index >= 15 is 0 Å². The Balaban J connectivity index is 1.74. The van der Waals surface area contributed by atoms with E-state index in [1.165, 1.54) is 11.8 Å². The van der Waals surface area contributed by atoms with E-state index < -0.39 is 0 Å². The van der Waals surface area contributed by atoms with Crippen LogP contribution in [0.25, 0.3) is 16.7 Å². The van der Waals surface area contributed by atoms with Gasteiger partial charge in [-0.25, -0.2) is 9.67 Å². The Morgan fingerprint density at radius 3 is 2.78 bits per heavy atom. The number of aryl methyl sites for hydroxylation is 1. The molecule has 0 aliphatic carbocycles. The molecular weight excluding hydrogens is 362 g/mol. The van der Waals surface area contributed by atoms with Crippen molar-refractivity contribution in [2.45, 2.75) is 44.4 Å². The highest BCUT2D eigenvalue weighted by Gasteiger charge is 2.29. The number of aromatic nitrogens is 4. The van der Waals surface area contributed by atoms with E-state index in [1.807, 2.05) is 45.0 Å². The number of carbonyl (C=O) groups excluding carboxylic acids is 1. The van der Waals surface area contributed by atoms with Gasteiger partial charge in [0.25, 0.3) is 5.56 Å². The quantitative estimate of drug-likeness (QED) is 0.700.